The first-order valence-corrected chi connectivity index (χ1v) is 8.40. The summed E-state index contributed by atoms with van der Waals surface area (Å²) in [5.41, 5.74) is 1.06. The van der Waals surface area contributed by atoms with Crippen molar-refractivity contribution in [2.24, 2.45) is 0 Å². The number of hydrogen-bond donors (Lipinski definition) is 2. The third-order valence-electron chi connectivity index (χ3n) is 3.90. The first-order chi connectivity index (χ1) is 11.1. The van der Waals surface area contributed by atoms with Crippen LogP contribution in [0.2, 0.25) is 0 Å². The Bertz CT molecular complexity index is 478. The van der Waals surface area contributed by atoms with Gasteiger partial charge in [-0.1, -0.05) is 44.2 Å². The van der Waals surface area contributed by atoms with Crippen molar-refractivity contribution in [2.45, 2.75) is 39.7 Å². The van der Waals surface area contributed by atoms with Gasteiger partial charge in [0.15, 0.2) is 0 Å². The lowest BCUT2D eigenvalue weighted by atomic mass is 10.1. The lowest BCUT2D eigenvalue weighted by Gasteiger charge is -2.18. The Kier molecular flexibility index (Phi) is 11.9. The molecule has 2 amide bonds. The topological polar surface area (TPSA) is 61.4 Å². The fourth-order valence-corrected chi connectivity index (χ4v) is 2.35. The van der Waals surface area contributed by atoms with Gasteiger partial charge in [0.1, 0.15) is 0 Å². The van der Waals surface area contributed by atoms with E-state index in [0.29, 0.717) is 6.54 Å². The highest BCUT2D eigenvalue weighted by molar-refractivity contribution is 5.85. The number of hydrogen-bond acceptors (Lipinski definition) is 3. The maximum Gasteiger partial charge on any atom is 0.220 e. The number of nitrogens with zero attached hydrogens (tertiary/aromatic N) is 1. The molecule has 1 unspecified atom stereocenters. The molecule has 0 aliphatic heterocycles. The van der Waals surface area contributed by atoms with E-state index in [9.17, 15) is 9.59 Å². The van der Waals surface area contributed by atoms with Crippen LogP contribution in [0.15, 0.2) is 30.3 Å². The molecule has 1 rings (SSSR count). The average molecular weight is 356 g/mol. The fourth-order valence-electron chi connectivity index (χ4n) is 2.35. The number of amides is 2. The zero-order chi connectivity index (χ0) is 17.1. The maximum atomic E-state index is 11.9. The van der Waals surface area contributed by atoms with Gasteiger partial charge in [-0.25, -0.2) is 0 Å². The lowest BCUT2D eigenvalue weighted by Crippen LogP contribution is -2.35. The third kappa shape index (κ3) is 8.89. The Balaban J connectivity index is 0.00000529. The molecular weight excluding hydrogens is 326 g/mol. The third-order valence-corrected chi connectivity index (χ3v) is 3.90. The zero-order valence-corrected chi connectivity index (χ0v) is 15.7. The number of benzene rings is 1. The van der Waals surface area contributed by atoms with Crippen molar-refractivity contribution in [2.75, 3.05) is 26.2 Å². The number of nitrogens with one attached hydrogen (secondary N) is 2. The van der Waals surface area contributed by atoms with Crippen molar-refractivity contribution < 1.29 is 9.59 Å². The summed E-state index contributed by atoms with van der Waals surface area (Å²) in [6, 6.07) is 9.74. The molecule has 0 radical (unpaired) electrons. The van der Waals surface area contributed by atoms with Gasteiger partial charge >= 0.3 is 0 Å². The smallest absolute Gasteiger partial charge is 0.220 e. The van der Waals surface area contributed by atoms with E-state index in [0.717, 1.165) is 25.2 Å². The predicted molar refractivity (Wildman–Crippen MR) is 100 cm³/mol. The first-order valence-electron chi connectivity index (χ1n) is 8.40. The molecule has 0 aliphatic rings. The van der Waals surface area contributed by atoms with Gasteiger partial charge in [-0.05, 0) is 25.6 Å². The Morgan fingerprint density at radius 3 is 2.21 bits per heavy atom. The molecule has 5 nitrogen and oxygen atoms in total. The molecule has 0 saturated heterocycles. The van der Waals surface area contributed by atoms with E-state index in [1.54, 1.807) is 0 Å². The van der Waals surface area contributed by atoms with Crippen LogP contribution in [-0.2, 0) is 9.59 Å². The van der Waals surface area contributed by atoms with Gasteiger partial charge in [0.05, 0.1) is 6.04 Å². The van der Waals surface area contributed by atoms with E-state index in [4.69, 9.17) is 0 Å². The fraction of sp³-hybridized carbons (Fsp3) is 0.556. The Labute approximate surface area is 151 Å². The summed E-state index contributed by atoms with van der Waals surface area (Å²) in [4.78, 5) is 25.9. The van der Waals surface area contributed by atoms with Crippen molar-refractivity contribution in [3.8, 4) is 0 Å². The van der Waals surface area contributed by atoms with Crippen LogP contribution in [0.4, 0.5) is 0 Å². The van der Waals surface area contributed by atoms with E-state index in [1.165, 1.54) is 0 Å². The first kappa shape index (κ1) is 22.4. The second kappa shape index (κ2) is 12.8. The Morgan fingerprint density at radius 1 is 1.04 bits per heavy atom. The van der Waals surface area contributed by atoms with Crippen LogP contribution in [0.3, 0.4) is 0 Å². The molecule has 24 heavy (non-hydrogen) atoms. The summed E-state index contributed by atoms with van der Waals surface area (Å²) >= 11 is 0. The van der Waals surface area contributed by atoms with Gasteiger partial charge in [-0.15, -0.1) is 12.4 Å². The van der Waals surface area contributed by atoms with Gasteiger partial charge < -0.3 is 15.5 Å². The minimum atomic E-state index is -0.0970. The number of halogens is 1. The summed E-state index contributed by atoms with van der Waals surface area (Å²) in [7, 11) is 0. The van der Waals surface area contributed by atoms with E-state index in [2.05, 4.69) is 29.4 Å². The summed E-state index contributed by atoms with van der Waals surface area (Å²) in [6.45, 7) is 9.57. The second-order valence-electron chi connectivity index (χ2n) is 5.58. The zero-order valence-electron chi connectivity index (χ0n) is 14.9. The Morgan fingerprint density at radius 2 is 1.62 bits per heavy atom. The molecule has 6 heteroatoms. The normalized spacial score (nSPS) is 11.5. The molecule has 0 heterocycles. The van der Waals surface area contributed by atoms with Crippen molar-refractivity contribution in [1.82, 2.24) is 15.5 Å². The van der Waals surface area contributed by atoms with Crippen molar-refractivity contribution in [1.29, 1.82) is 0 Å². The van der Waals surface area contributed by atoms with E-state index < -0.39 is 0 Å². The standard InChI is InChI=1S/C18H29N3O2.ClH/c1-4-21(5-2)14-13-19-17(22)11-12-18(23)20-15(3)16-9-7-6-8-10-16;/h6-10,15H,4-5,11-14H2,1-3H3,(H,19,22)(H,20,23);1H. The largest absolute Gasteiger partial charge is 0.355 e. The highest BCUT2D eigenvalue weighted by Crippen LogP contribution is 2.11. The number of carbonyl (C=O) groups is 2. The molecule has 0 spiro atoms. The summed E-state index contributed by atoms with van der Waals surface area (Å²) < 4.78 is 0. The molecule has 1 aromatic rings. The van der Waals surface area contributed by atoms with Crippen LogP contribution in [0.25, 0.3) is 0 Å². The summed E-state index contributed by atoms with van der Waals surface area (Å²) in [5.74, 6) is -0.167. The van der Waals surface area contributed by atoms with Crippen molar-refractivity contribution >= 4 is 24.2 Å². The lowest BCUT2D eigenvalue weighted by molar-refractivity contribution is -0.126. The van der Waals surface area contributed by atoms with Crippen LogP contribution >= 0.6 is 12.4 Å². The number of rotatable bonds is 10. The minimum absolute atomic E-state index is 0. The molecule has 0 bridgehead atoms. The molecule has 0 fully saturated rings. The average Bonchev–Trinajstić information content (AvgIpc) is 2.57. The number of carbonyl (C=O) groups excluding carboxylic acids is 2. The molecule has 1 atom stereocenters. The minimum Gasteiger partial charge on any atom is -0.355 e. The summed E-state index contributed by atoms with van der Waals surface area (Å²) in [6.07, 6.45) is 0.444. The van der Waals surface area contributed by atoms with Gasteiger partial charge in [-0.3, -0.25) is 9.59 Å². The van der Waals surface area contributed by atoms with Crippen LogP contribution in [-0.4, -0.2) is 42.9 Å². The van der Waals surface area contributed by atoms with E-state index in [-0.39, 0.29) is 43.1 Å². The molecule has 136 valence electrons. The van der Waals surface area contributed by atoms with Crippen molar-refractivity contribution in [3.63, 3.8) is 0 Å². The maximum absolute atomic E-state index is 11.9. The molecule has 0 aromatic heterocycles. The van der Waals surface area contributed by atoms with E-state index >= 15 is 0 Å². The number of likely N-dealkylation sites (N-methyl/N-ethyl adjacent to an activating group) is 1. The van der Waals surface area contributed by atoms with Gasteiger partial charge in [0, 0.05) is 25.9 Å². The van der Waals surface area contributed by atoms with E-state index in [1.807, 2.05) is 37.3 Å². The SMILES string of the molecule is CCN(CC)CCNC(=O)CCC(=O)NC(C)c1ccccc1.Cl. The molecule has 1 aromatic carbocycles. The van der Waals surface area contributed by atoms with Crippen LogP contribution in [0.1, 0.15) is 45.2 Å². The predicted octanol–water partition coefficient (Wildman–Crippen LogP) is 2.52. The van der Waals surface area contributed by atoms with Crippen LogP contribution in [0, 0.1) is 0 Å². The monoisotopic (exact) mass is 355 g/mol. The summed E-state index contributed by atoms with van der Waals surface area (Å²) in [5, 5.41) is 5.78. The molecule has 2 N–H and O–H groups in total. The van der Waals surface area contributed by atoms with Crippen molar-refractivity contribution in [3.05, 3.63) is 35.9 Å². The quantitative estimate of drug-likeness (QED) is 0.678. The van der Waals surface area contributed by atoms with Gasteiger partial charge in [-0.2, -0.15) is 0 Å². The van der Waals surface area contributed by atoms with Gasteiger partial charge in [0.25, 0.3) is 0 Å². The second-order valence-corrected chi connectivity index (χ2v) is 5.58. The highest BCUT2D eigenvalue weighted by atomic mass is 35.5. The van der Waals surface area contributed by atoms with Gasteiger partial charge in [0.2, 0.25) is 11.8 Å². The molecule has 0 saturated carbocycles. The molecular formula is C18H30ClN3O2. The Hall–Kier alpha value is -1.59. The highest BCUT2D eigenvalue weighted by Gasteiger charge is 2.11. The van der Waals surface area contributed by atoms with Crippen LogP contribution in [0.5, 0.6) is 0 Å². The van der Waals surface area contributed by atoms with Crippen LogP contribution < -0.4 is 10.6 Å². The molecule has 0 aliphatic carbocycles.